The Bertz CT molecular complexity index is 844. The first kappa shape index (κ1) is 16.7. The second kappa shape index (κ2) is 7.17. The fraction of sp³-hybridized carbons (Fsp3) is 0.211. The lowest BCUT2D eigenvalue weighted by atomic mass is 10.1. The van der Waals surface area contributed by atoms with E-state index >= 15 is 0 Å². The van der Waals surface area contributed by atoms with Gasteiger partial charge in [-0.3, -0.25) is 9.36 Å². The highest BCUT2D eigenvalue weighted by atomic mass is 16.5. The standard InChI is InChI=1S/C19H20N4O2/c1-14(15-7-9-18(25-3)10-8-15)22(2)19(24)16-5-4-6-17(11-16)23-12-20-21-13-23/h4-14H,1-3H3/t14-/m0/s1. The number of benzene rings is 2. The molecule has 1 atom stereocenters. The van der Waals surface area contributed by atoms with Crippen LogP contribution in [0.4, 0.5) is 0 Å². The molecule has 6 nitrogen and oxygen atoms in total. The molecule has 3 aromatic rings. The number of hydrogen-bond acceptors (Lipinski definition) is 4. The Morgan fingerprint density at radius 1 is 1.12 bits per heavy atom. The van der Waals surface area contributed by atoms with E-state index in [1.165, 1.54) is 0 Å². The Kier molecular flexibility index (Phi) is 4.79. The van der Waals surface area contributed by atoms with Crippen molar-refractivity contribution in [1.82, 2.24) is 19.7 Å². The minimum atomic E-state index is -0.0584. The van der Waals surface area contributed by atoms with Gasteiger partial charge in [0.2, 0.25) is 0 Å². The minimum Gasteiger partial charge on any atom is -0.497 e. The SMILES string of the molecule is COc1ccc([C@H](C)N(C)C(=O)c2cccc(-n3cnnc3)c2)cc1. The van der Waals surface area contributed by atoms with E-state index in [2.05, 4.69) is 10.2 Å². The van der Waals surface area contributed by atoms with E-state index in [1.54, 1.807) is 29.2 Å². The maximum Gasteiger partial charge on any atom is 0.254 e. The molecule has 1 heterocycles. The highest BCUT2D eigenvalue weighted by Gasteiger charge is 2.19. The topological polar surface area (TPSA) is 60.2 Å². The molecular weight excluding hydrogens is 316 g/mol. The molecule has 1 aromatic heterocycles. The van der Waals surface area contributed by atoms with Crippen LogP contribution in [-0.4, -0.2) is 39.7 Å². The van der Waals surface area contributed by atoms with Gasteiger partial charge in [-0.25, -0.2) is 0 Å². The zero-order valence-corrected chi connectivity index (χ0v) is 14.5. The molecule has 25 heavy (non-hydrogen) atoms. The zero-order chi connectivity index (χ0) is 17.8. The first-order valence-electron chi connectivity index (χ1n) is 7.96. The summed E-state index contributed by atoms with van der Waals surface area (Å²) >= 11 is 0. The van der Waals surface area contributed by atoms with Crippen molar-refractivity contribution in [2.45, 2.75) is 13.0 Å². The number of carbonyl (C=O) groups excluding carboxylic acids is 1. The van der Waals surface area contributed by atoms with Gasteiger partial charge in [0.1, 0.15) is 18.4 Å². The Morgan fingerprint density at radius 2 is 1.80 bits per heavy atom. The quantitative estimate of drug-likeness (QED) is 0.718. The first-order chi connectivity index (χ1) is 12.1. The summed E-state index contributed by atoms with van der Waals surface area (Å²) in [7, 11) is 3.44. The highest BCUT2D eigenvalue weighted by molar-refractivity contribution is 5.94. The van der Waals surface area contributed by atoms with Crippen LogP contribution >= 0.6 is 0 Å². The Hall–Kier alpha value is -3.15. The molecule has 1 amide bonds. The van der Waals surface area contributed by atoms with Crippen molar-refractivity contribution in [3.05, 3.63) is 72.3 Å². The Morgan fingerprint density at radius 3 is 2.44 bits per heavy atom. The summed E-state index contributed by atoms with van der Waals surface area (Å²) in [6.07, 6.45) is 3.21. The van der Waals surface area contributed by atoms with Crippen molar-refractivity contribution in [3.8, 4) is 11.4 Å². The number of hydrogen-bond donors (Lipinski definition) is 0. The van der Waals surface area contributed by atoms with Crippen molar-refractivity contribution in [2.24, 2.45) is 0 Å². The van der Waals surface area contributed by atoms with E-state index in [-0.39, 0.29) is 11.9 Å². The van der Waals surface area contributed by atoms with Crippen LogP contribution < -0.4 is 4.74 Å². The summed E-state index contributed by atoms with van der Waals surface area (Å²) < 4.78 is 6.95. The average molecular weight is 336 g/mol. The predicted molar refractivity (Wildman–Crippen MR) is 94.9 cm³/mol. The van der Waals surface area contributed by atoms with Gasteiger partial charge in [-0.05, 0) is 42.8 Å². The summed E-state index contributed by atoms with van der Waals surface area (Å²) in [5.74, 6) is 0.754. The van der Waals surface area contributed by atoms with Crippen molar-refractivity contribution < 1.29 is 9.53 Å². The number of nitrogens with zero attached hydrogens (tertiary/aromatic N) is 4. The smallest absolute Gasteiger partial charge is 0.254 e. The first-order valence-corrected chi connectivity index (χ1v) is 7.96. The van der Waals surface area contributed by atoms with Gasteiger partial charge in [-0.2, -0.15) is 0 Å². The summed E-state index contributed by atoms with van der Waals surface area (Å²) in [6.45, 7) is 2.00. The molecule has 0 saturated heterocycles. The second-order valence-corrected chi connectivity index (χ2v) is 5.78. The van der Waals surface area contributed by atoms with Gasteiger partial charge in [0, 0.05) is 18.3 Å². The zero-order valence-electron chi connectivity index (χ0n) is 14.5. The molecule has 0 aliphatic rings. The number of carbonyl (C=O) groups is 1. The van der Waals surface area contributed by atoms with E-state index in [0.29, 0.717) is 5.56 Å². The second-order valence-electron chi connectivity index (χ2n) is 5.78. The van der Waals surface area contributed by atoms with E-state index in [4.69, 9.17) is 4.74 Å². The number of rotatable bonds is 5. The molecule has 0 aliphatic heterocycles. The summed E-state index contributed by atoms with van der Waals surface area (Å²) in [4.78, 5) is 14.6. The monoisotopic (exact) mass is 336 g/mol. The lowest BCUT2D eigenvalue weighted by Crippen LogP contribution is -2.29. The molecule has 2 aromatic carbocycles. The molecule has 0 unspecified atom stereocenters. The third kappa shape index (κ3) is 3.52. The largest absolute Gasteiger partial charge is 0.497 e. The molecule has 0 bridgehead atoms. The molecule has 128 valence electrons. The third-order valence-electron chi connectivity index (χ3n) is 4.31. The van der Waals surface area contributed by atoms with Gasteiger partial charge >= 0.3 is 0 Å². The van der Waals surface area contributed by atoms with Gasteiger partial charge in [-0.15, -0.1) is 10.2 Å². The van der Waals surface area contributed by atoms with Gasteiger partial charge in [0.15, 0.2) is 0 Å². The summed E-state index contributed by atoms with van der Waals surface area (Å²) in [5, 5.41) is 7.60. The molecule has 0 spiro atoms. The van der Waals surface area contributed by atoms with Crippen LogP contribution in [-0.2, 0) is 0 Å². The van der Waals surface area contributed by atoms with Crippen molar-refractivity contribution >= 4 is 5.91 Å². The van der Waals surface area contributed by atoms with Crippen molar-refractivity contribution in [1.29, 1.82) is 0 Å². The third-order valence-corrected chi connectivity index (χ3v) is 4.31. The normalized spacial score (nSPS) is 11.8. The molecule has 6 heteroatoms. The van der Waals surface area contributed by atoms with Crippen LogP contribution in [0.2, 0.25) is 0 Å². The van der Waals surface area contributed by atoms with Gasteiger partial charge in [0.25, 0.3) is 5.91 Å². The van der Waals surface area contributed by atoms with Crippen molar-refractivity contribution in [3.63, 3.8) is 0 Å². The predicted octanol–water partition coefficient (Wildman–Crippen LogP) is 3.11. The van der Waals surface area contributed by atoms with Crippen LogP contribution in [0.5, 0.6) is 5.75 Å². The van der Waals surface area contributed by atoms with Gasteiger partial charge in [0.05, 0.1) is 13.2 Å². The maximum absolute atomic E-state index is 12.9. The number of methoxy groups -OCH3 is 1. The molecule has 0 N–H and O–H groups in total. The highest BCUT2D eigenvalue weighted by Crippen LogP contribution is 2.23. The number of amides is 1. The van der Waals surface area contributed by atoms with E-state index < -0.39 is 0 Å². The van der Waals surface area contributed by atoms with Crippen molar-refractivity contribution in [2.75, 3.05) is 14.2 Å². The fourth-order valence-corrected chi connectivity index (χ4v) is 2.62. The lowest BCUT2D eigenvalue weighted by Gasteiger charge is -2.25. The molecule has 0 fully saturated rings. The van der Waals surface area contributed by atoms with Crippen LogP contribution in [0.25, 0.3) is 5.69 Å². The van der Waals surface area contributed by atoms with Crippen LogP contribution in [0.1, 0.15) is 28.9 Å². The molecule has 0 saturated carbocycles. The number of aromatic nitrogens is 3. The van der Waals surface area contributed by atoms with Gasteiger partial charge < -0.3 is 9.64 Å². The van der Waals surface area contributed by atoms with Gasteiger partial charge in [-0.1, -0.05) is 18.2 Å². The van der Waals surface area contributed by atoms with E-state index in [9.17, 15) is 4.79 Å². The van der Waals surface area contributed by atoms with E-state index in [0.717, 1.165) is 17.0 Å². The lowest BCUT2D eigenvalue weighted by molar-refractivity contribution is 0.0742. The minimum absolute atomic E-state index is 0.0433. The average Bonchev–Trinajstić information content (AvgIpc) is 3.21. The molecule has 0 aliphatic carbocycles. The Balaban J connectivity index is 1.80. The number of ether oxygens (including phenoxy) is 1. The molecule has 3 rings (SSSR count). The van der Waals surface area contributed by atoms with E-state index in [1.807, 2.05) is 62.5 Å². The molecule has 0 radical (unpaired) electrons. The fourth-order valence-electron chi connectivity index (χ4n) is 2.62. The van der Waals surface area contributed by atoms with Crippen LogP contribution in [0.15, 0.2) is 61.2 Å². The molecular formula is C19H20N4O2. The van der Waals surface area contributed by atoms with Crippen LogP contribution in [0, 0.1) is 0 Å². The van der Waals surface area contributed by atoms with Crippen LogP contribution in [0.3, 0.4) is 0 Å². The Labute approximate surface area is 146 Å². The maximum atomic E-state index is 12.9. The summed E-state index contributed by atoms with van der Waals surface area (Å²) in [5.41, 5.74) is 2.52. The summed E-state index contributed by atoms with van der Waals surface area (Å²) in [6, 6.07) is 15.1.